The third-order valence-electron chi connectivity index (χ3n) is 3.52. The highest BCUT2D eigenvalue weighted by molar-refractivity contribution is 5.92. The summed E-state index contributed by atoms with van der Waals surface area (Å²) in [5.74, 6) is 1.32. The Balaban J connectivity index is 2.23. The van der Waals surface area contributed by atoms with Gasteiger partial charge in [-0.3, -0.25) is 4.98 Å². The highest BCUT2D eigenvalue weighted by Crippen LogP contribution is 2.24. The summed E-state index contributed by atoms with van der Waals surface area (Å²) in [6.45, 7) is 7.73. The highest BCUT2D eigenvalue weighted by Gasteiger charge is 2.08. The van der Waals surface area contributed by atoms with Gasteiger partial charge in [0.15, 0.2) is 0 Å². The molecule has 0 aliphatic carbocycles. The van der Waals surface area contributed by atoms with Crippen molar-refractivity contribution in [3.63, 3.8) is 0 Å². The standard InChI is InChI=1S/C15H21N3/c1-10(2)11(3)9-18-14-6-7-17-15-8-12(16)4-5-13(14)15/h4-8,10-11H,9,16H2,1-3H3,(H,17,18). The molecule has 1 aromatic carbocycles. The molecular weight excluding hydrogens is 222 g/mol. The van der Waals surface area contributed by atoms with Gasteiger partial charge in [0.05, 0.1) is 5.52 Å². The van der Waals surface area contributed by atoms with Crippen LogP contribution >= 0.6 is 0 Å². The first-order valence-electron chi connectivity index (χ1n) is 6.46. The number of nitrogens with zero attached hydrogens (tertiary/aromatic N) is 1. The van der Waals surface area contributed by atoms with Gasteiger partial charge in [-0.2, -0.15) is 0 Å². The SMILES string of the molecule is CC(C)C(C)CNc1ccnc2cc(N)ccc12. The third kappa shape index (κ3) is 2.73. The number of hydrogen-bond donors (Lipinski definition) is 2. The zero-order valence-corrected chi connectivity index (χ0v) is 11.3. The van der Waals surface area contributed by atoms with Crippen molar-refractivity contribution < 1.29 is 0 Å². The van der Waals surface area contributed by atoms with E-state index >= 15 is 0 Å². The van der Waals surface area contributed by atoms with E-state index in [1.807, 2.05) is 30.5 Å². The summed E-state index contributed by atoms with van der Waals surface area (Å²) in [4.78, 5) is 4.34. The lowest BCUT2D eigenvalue weighted by atomic mass is 9.98. The molecule has 0 spiro atoms. The molecule has 1 heterocycles. The Morgan fingerprint density at radius 1 is 1.22 bits per heavy atom. The van der Waals surface area contributed by atoms with Crippen molar-refractivity contribution in [2.24, 2.45) is 11.8 Å². The molecule has 3 heteroatoms. The molecule has 96 valence electrons. The molecule has 0 amide bonds. The van der Waals surface area contributed by atoms with Crippen LogP contribution in [0.2, 0.25) is 0 Å². The maximum Gasteiger partial charge on any atom is 0.0743 e. The van der Waals surface area contributed by atoms with E-state index in [0.717, 1.165) is 28.8 Å². The topological polar surface area (TPSA) is 50.9 Å². The predicted octanol–water partition coefficient (Wildman–Crippen LogP) is 3.52. The Morgan fingerprint density at radius 2 is 2.00 bits per heavy atom. The molecule has 2 rings (SSSR count). The Kier molecular flexibility index (Phi) is 3.70. The molecular formula is C15H21N3. The number of benzene rings is 1. The van der Waals surface area contributed by atoms with Gasteiger partial charge in [0.25, 0.3) is 0 Å². The van der Waals surface area contributed by atoms with E-state index in [4.69, 9.17) is 5.73 Å². The maximum absolute atomic E-state index is 5.78. The zero-order valence-electron chi connectivity index (χ0n) is 11.3. The van der Waals surface area contributed by atoms with Crippen molar-refractivity contribution in [2.45, 2.75) is 20.8 Å². The smallest absolute Gasteiger partial charge is 0.0743 e. The third-order valence-corrected chi connectivity index (χ3v) is 3.52. The number of nitrogens with one attached hydrogen (secondary N) is 1. The molecule has 1 unspecified atom stereocenters. The summed E-state index contributed by atoms with van der Waals surface area (Å²) < 4.78 is 0. The normalized spacial score (nSPS) is 12.9. The number of nitrogens with two attached hydrogens (primary N) is 1. The minimum Gasteiger partial charge on any atom is -0.399 e. The molecule has 0 fully saturated rings. The molecule has 1 aromatic heterocycles. The summed E-state index contributed by atoms with van der Waals surface area (Å²) in [6.07, 6.45) is 1.82. The molecule has 0 saturated carbocycles. The van der Waals surface area contributed by atoms with Crippen LogP contribution in [0.1, 0.15) is 20.8 Å². The van der Waals surface area contributed by atoms with E-state index < -0.39 is 0 Å². The minimum absolute atomic E-state index is 0.641. The van der Waals surface area contributed by atoms with Crippen molar-refractivity contribution in [3.8, 4) is 0 Å². The van der Waals surface area contributed by atoms with Gasteiger partial charge in [-0.25, -0.2) is 0 Å². The number of anilines is 2. The number of nitrogen functional groups attached to an aromatic ring is 1. The Morgan fingerprint density at radius 3 is 2.72 bits per heavy atom. The summed E-state index contributed by atoms with van der Waals surface area (Å²) in [7, 11) is 0. The van der Waals surface area contributed by atoms with Crippen molar-refractivity contribution in [1.82, 2.24) is 4.98 Å². The maximum atomic E-state index is 5.78. The van der Waals surface area contributed by atoms with E-state index in [2.05, 4.69) is 31.1 Å². The summed E-state index contributed by atoms with van der Waals surface area (Å²) in [6, 6.07) is 7.87. The number of pyridine rings is 1. The second kappa shape index (κ2) is 5.25. The lowest BCUT2D eigenvalue weighted by molar-refractivity contribution is 0.440. The fourth-order valence-electron chi connectivity index (χ4n) is 1.83. The van der Waals surface area contributed by atoms with Crippen LogP contribution in [0.3, 0.4) is 0 Å². The second-order valence-electron chi connectivity index (χ2n) is 5.24. The molecule has 18 heavy (non-hydrogen) atoms. The average Bonchev–Trinajstić information content (AvgIpc) is 2.35. The van der Waals surface area contributed by atoms with Crippen LogP contribution in [-0.4, -0.2) is 11.5 Å². The van der Waals surface area contributed by atoms with Crippen molar-refractivity contribution in [3.05, 3.63) is 30.5 Å². The molecule has 3 nitrogen and oxygen atoms in total. The van der Waals surface area contributed by atoms with E-state index in [-0.39, 0.29) is 0 Å². The molecule has 2 aromatic rings. The first-order valence-corrected chi connectivity index (χ1v) is 6.46. The Labute approximate surface area is 108 Å². The number of rotatable bonds is 4. The lowest BCUT2D eigenvalue weighted by Crippen LogP contribution is -2.16. The van der Waals surface area contributed by atoms with E-state index in [1.165, 1.54) is 0 Å². The largest absolute Gasteiger partial charge is 0.399 e. The first kappa shape index (κ1) is 12.7. The van der Waals surface area contributed by atoms with E-state index in [9.17, 15) is 0 Å². The molecule has 0 saturated heterocycles. The number of fused-ring (bicyclic) bond motifs is 1. The van der Waals surface area contributed by atoms with Crippen LogP contribution in [0, 0.1) is 11.8 Å². The number of aromatic nitrogens is 1. The van der Waals surface area contributed by atoms with Crippen LogP contribution in [0.4, 0.5) is 11.4 Å². The highest BCUT2D eigenvalue weighted by atomic mass is 14.9. The van der Waals surface area contributed by atoms with Gasteiger partial charge < -0.3 is 11.1 Å². The minimum atomic E-state index is 0.641. The fourth-order valence-corrected chi connectivity index (χ4v) is 1.83. The van der Waals surface area contributed by atoms with Gasteiger partial charge in [0, 0.05) is 29.5 Å². The van der Waals surface area contributed by atoms with Crippen molar-refractivity contribution in [1.29, 1.82) is 0 Å². The van der Waals surface area contributed by atoms with E-state index in [0.29, 0.717) is 11.8 Å². The average molecular weight is 243 g/mol. The molecule has 1 atom stereocenters. The lowest BCUT2D eigenvalue weighted by Gasteiger charge is -2.17. The molecule has 0 bridgehead atoms. The van der Waals surface area contributed by atoms with Gasteiger partial charge in [-0.05, 0) is 36.1 Å². The summed E-state index contributed by atoms with van der Waals surface area (Å²) in [5.41, 5.74) is 8.60. The van der Waals surface area contributed by atoms with Crippen molar-refractivity contribution in [2.75, 3.05) is 17.6 Å². The summed E-state index contributed by atoms with van der Waals surface area (Å²) >= 11 is 0. The monoisotopic (exact) mass is 243 g/mol. The van der Waals surface area contributed by atoms with E-state index in [1.54, 1.807) is 0 Å². The van der Waals surface area contributed by atoms with Crippen molar-refractivity contribution >= 4 is 22.3 Å². The molecule has 0 radical (unpaired) electrons. The zero-order chi connectivity index (χ0) is 13.1. The molecule has 0 aliphatic rings. The summed E-state index contributed by atoms with van der Waals surface area (Å²) in [5, 5.41) is 4.63. The van der Waals surface area contributed by atoms with Crippen LogP contribution < -0.4 is 11.1 Å². The number of hydrogen-bond acceptors (Lipinski definition) is 3. The van der Waals surface area contributed by atoms with Gasteiger partial charge in [-0.15, -0.1) is 0 Å². The second-order valence-corrected chi connectivity index (χ2v) is 5.24. The quantitative estimate of drug-likeness (QED) is 0.808. The van der Waals surface area contributed by atoms with Gasteiger partial charge in [0.1, 0.15) is 0 Å². The Hall–Kier alpha value is -1.77. The molecule has 3 N–H and O–H groups in total. The van der Waals surface area contributed by atoms with Crippen LogP contribution in [-0.2, 0) is 0 Å². The fraction of sp³-hybridized carbons (Fsp3) is 0.400. The molecule has 0 aliphatic heterocycles. The van der Waals surface area contributed by atoms with Gasteiger partial charge >= 0.3 is 0 Å². The van der Waals surface area contributed by atoms with Crippen LogP contribution in [0.15, 0.2) is 30.5 Å². The Bertz CT molecular complexity index is 534. The predicted molar refractivity (Wildman–Crippen MR) is 78.6 cm³/mol. The van der Waals surface area contributed by atoms with Gasteiger partial charge in [-0.1, -0.05) is 20.8 Å². The van der Waals surface area contributed by atoms with Gasteiger partial charge in [0.2, 0.25) is 0 Å². The van der Waals surface area contributed by atoms with Crippen LogP contribution in [0.5, 0.6) is 0 Å². The van der Waals surface area contributed by atoms with Crippen LogP contribution in [0.25, 0.3) is 10.9 Å². The first-order chi connectivity index (χ1) is 8.58.